The number of aromatic nitrogens is 1. The first-order chi connectivity index (χ1) is 6.45. The van der Waals surface area contributed by atoms with Gasteiger partial charge in [0.05, 0.1) is 0 Å². The molecule has 0 saturated carbocycles. The van der Waals surface area contributed by atoms with Gasteiger partial charge >= 0.3 is 0 Å². The third-order valence-corrected chi connectivity index (χ3v) is 1.92. The quantitative estimate of drug-likeness (QED) is 0.671. The molecule has 1 nitrogen and oxygen atoms in total. The van der Waals surface area contributed by atoms with E-state index in [2.05, 4.69) is 17.1 Å². The molecule has 1 heteroatoms. The van der Waals surface area contributed by atoms with Crippen LogP contribution in [0, 0.1) is 6.07 Å². The van der Waals surface area contributed by atoms with Gasteiger partial charge in [0.15, 0.2) is 0 Å². The van der Waals surface area contributed by atoms with Gasteiger partial charge in [-0.05, 0) is 35.7 Å². The Hall–Kier alpha value is -1.63. The largest absolute Gasteiger partial charge is 0.265 e. The van der Waals surface area contributed by atoms with Crippen LogP contribution in [0.4, 0.5) is 0 Å². The molecule has 0 atom stereocenters. The number of nitrogens with zero attached hydrogens (tertiary/aromatic N) is 1. The van der Waals surface area contributed by atoms with Gasteiger partial charge in [0.2, 0.25) is 0 Å². The summed E-state index contributed by atoms with van der Waals surface area (Å²) >= 11 is 0. The van der Waals surface area contributed by atoms with E-state index in [-0.39, 0.29) is 0 Å². The summed E-state index contributed by atoms with van der Waals surface area (Å²) in [6, 6.07) is 15.3. The van der Waals surface area contributed by atoms with Crippen molar-refractivity contribution in [2.45, 2.75) is 6.42 Å². The maximum atomic E-state index is 3.98. The Morgan fingerprint density at radius 3 is 2.62 bits per heavy atom. The molecule has 0 unspecified atom stereocenters. The molecule has 63 valence electrons. The molecule has 2 aromatic rings. The highest BCUT2D eigenvalue weighted by molar-refractivity contribution is 5.22. The molecule has 0 fully saturated rings. The molecule has 0 aliphatic rings. The fraction of sp³-hybridized carbons (Fsp3) is 0.0833. The van der Waals surface area contributed by atoms with Gasteiger partial charge in [-0.3, -0.25) is 4.98 Å². The van der Waals surface area contributed by atoms with E-state index in [4.69, 9.17) is 0 Å². The summed E-state index contributed by atoms with van der Waals surface area (Å²) < 4.78 is 0. The molecular weight excluding hydrogens is 158 g/mol. The van der Waals surface area contributed by atoms with Gasteiger partial charge in [-0.15, -0.1) is 0 Å². The smallest absolute Gasteiger partial charge is 0.0270 e. The lowest BCUT2D eigenvalue weighted by Crippen LogP contribution is -1.87. The molecule has 0 saturated heterocycles. The number of benzene rings is 1. The fourth-order valence-electron chi connectivity index (χ4n) is 1.26. The third-order valence-electron chi connectivity index (χ3n) is 1.92. The van der Waals surface area contributed by atoms with E-state index in [0.717, 1.165) is 6.42 Å². The maximum absolute atomic E-state index is 3.98. The Bertz CT molecular complexity index is 316. The fourth-order valence-corrected chi connectivity index (χ4v) is 1.26. The molecular formula is C12H10N. The second-order valence-electron chi connectivity index (χ2n) is 2.92. The summed E-state index contributed by atoms with van der Waals surface area (Å²) in [7, 11) is 0. The molecule has 1 aromatic heterocycles. The second-order valence-corrected chi connectivity index (χ2v) is 2.92. The highest BCUT2D eigenvalue weighted by atomic mass is 14.6. The summed E-state index contributed by atoms with van der Waals surface area (Å²) in [4.78, 5) is 3.98. The van der Waals surface area contributed by atoms with Crippen molar-refractivity contribution in [3.05, 3.63) is 66.0 Å². The normalized spacial score (nSPS) is 9.85. The lowest BCUT2D eigenvalue weighted by atomic mass is 10.1. The van der Waals surface area contributed by atoms with Crippen molar-refractivity contribution < 1.29 is 0 Å². The van der Waals surface area contributed by atoms with Gasteiger partial charge in [-0.1, -0.05) is 24.3 Å². The van der Waals surface area contributed by atoms with Crippen molar-refractivity contribution >= 4 is 0 Å². The zero-order valence-corrected chi connectivity index (χ0v) is 7.27. The van der Waals surface area contributed by atoms with Crippen molar-refractivity contribution in [1.29, 1.82) is 0 Å². The van der Waals surface area contributed by atoms with Crippen molar-refractivity contribution in [3.8, 4) is 0 Å². The minimum Gasteiger partial charge on any atom is -0.265 e. The van der Waals surface area contributed by atoms with Crippen molar-refractivity contribution in [2.24, 2.45) is 0 Å². The minimum atomic E-state index is 0.934. The highest BCUT2D eigenvalue weighted by Crippen LogP contribution is 2.06. The van der Waals surface area contributed by atoms with Crippen LogP contribution in [0.3, 0.4) is 0 Å². The van der Waals surface area contributed by atoms with Crippen LogP contribution in [0.5, 0.6) is 0 Å². The molecule has 0 aliphatic carbocycles. The van der Waals surface area contributed by atoms with Crippen LogP contribution in [-0.4, -0.2) is 4.98 Å². The average Bonchev–Trinajstić information content (AvgIpc) is 2.21. The van der Waals surface area contributed by atoms with Gasteiger partial charge in [-0.2, -0.15) is 0 Å². The molecule has 0 spiro atoms. The lowest BCUT2D eigenvalue weighted by Gasteiger charge is -1.99. The van der Waals surface area contributed by atoms with E-state index in [1.807, 2.05) is 42.7 Å². The van der Waals surface area contributed by atoms with Crippen molar-refractivity contribution in [2.75, 3.05) is 0 Å². The predicted octanol–water partition coefficient (Wildman–Crippen LogP) is 2.47. The summed E-state index contributed by atoms with van der Waals surface area (Å²) in [5.41, 5.74) is 2.49. The van der Waals surface area contributed by atoms with E-state index >= 15 is 0 Å². The topological polar surface area (TPSA) is 12.9 Å². The van der Waals surface area contributed by atoms with Gasteiger partial charge in [0, 0.05) is 12.4 Å². The zero-order valence-electron chi connectivity index (χ0n) is 7.27. The predicted molar refractivity (Wildman–Crippen MR) is 52.3 cm³/mol. The number of pyridine rings is 1. The van der Waals surface area contributed by atoms with Crippen LogP contribution >= 0.6 is 0 Å². The molecule has 2 rings (SSSR count). The third kappa shape index (κ3) is 2.15. The van der Waals surface area contributed by atoms with Gasteiger partial charge in [-0.25, -0.2) is 0 Å². The summed E-state index contributed by atoms with van der Waals surface area (Å²) in [6.45, 7) is 0. The standard InChI is InChI=1S/C12H10N/c1-2-4-11(5-3-1)10-12-6-8-13-9-7-12/h1-4,6-9H,10H2. The summed E-state index contributed by atoms with van der Waals surface area (Å²) in [5.74, 6) is 0. The Balaban J connectivity index is 2.16. The molecule has 1 heterocycles. The lowest BCUT2D eigenvalue weighted by molar-refractivity contribution is 1.16. The van der Waals surface area contributed by atoms with Gasteiger partial charge in [0.1, 0.15) is 0 Å². The van der Waals surface area contributed by atoms with E-state index in [1.54, 1.807) is 0 Å². The number of rotatable bonds is 2. The van der Waals surface area contributed by atoms with E-state index < -0.39 is 0 Å². The first kappa shape index (κ1) is 7.99. The minimum absolute atomic E-state index is 0.934. The van der Waals surface area contributed by atoms with Crippen molar-refractivity contribution in [1.82, 2.24) is 4.98 Å². The van der Waals surface area contributed by atoms with Crippen LogP contribution in [0.2, 0.25) is 0 Å². The molecule has 13 heavy (non-hydrogen) atoms. The first-order valence-corrected chi connectivity index (χ1v) is 4.29. The van der Waals surface area contributed by atoms with Crippen LogP contribution in [0.15, 0.2) is 48.8 Å². The SMILES string of the molecule is [c]1ccccc1Cc1ccncc1. The zero-order chi connectivity index (χ0) is 8.93. The van der Waals surface area contributed by atoms with Crippen LogP contribution in [0.25, 0.3) is 0 Å². The highest BCUT2D eigenvalue weighted by Gasteiger charge is 1.93. The molecule has 1 radical (unpaired) electrons. The summed E-state index contributed by atoms with van der Waals surface area (Å²) in [5, 5.41) is 0. The molecule has 0 N–H and O–H groups in total. The van der Waals surface area contributed by atoms with E-state index in [1.165, 1.54) is 11.1 Å². The summed E-state index contributed by atoms with van der Waals surface area (Å²) in [6.07, 6.45) is 4.57. The van der Waals surface area contributed by atoms with Gasteiger partial charge < -0.3 is 0 Å². The van der Waals surface area contributed by atoms with E-state index in [9.17, 15) is 0 Å². The Labute approximate surface area is 78.1 Å². The molecule has 1 aromatic carbocycles. The van der Waals surface area contributed by atoms with Crippen LogP contribution < -0.4 is 0 Å². The molecule has 0 amide bonds. The maximum Gasteiger partial charge on any atom is 0.0270 e. The second kappa shape index (κ2) is 3.85. The molecule has 0 bridgehead atoms. The van der Waals surface area contributed by atoms with Crippen LogP contribution in [0.1, 0.15) is 11.1 Å². The Morgan fingerprint density at radius 2 is 1.92 bits per heavy atom. The average molecular weight is 168 g/mol. The van der Waals surface area contributed by atoms with E-state index in [0.29, 0.717) is 0 Å². The van der Waals surface area contributed by atoms with Crippen LogP contribution in [-0.2, 0) is 6.42 Å². The number of hydrogen-bond donors (Lipinski definition) is 0. The Morgan fingerprint density at radius 1 is 1.08 bits per heavy atom. The monoisotopic (exact) mass is 168 g/mol. The molecule has 0 aliphatic heterocycles. The Kier molecular flexibility index (Phi) is 2.37. The first-order valence-electron chi connectivity index (χ1n) is 4.29. The van der Waals surface area contributed by atoms with Crippen molar-refractivity contribution in [3.63, 3.8) is 0 Å². The number of hydrogen-bond acceptors (Lipinski definition) is 1. The van der Waals surface area contributed by atoms with Gasteiger partial charge in [0.25, 0.3) is 0 Å².